The molecule has 0 bridgehead atoms. The molecule has 0 amide bonds. The van der Waals surface area contributed by atoms with Crippen molar-refractivity contribution in [2.45, 2.75) is 32.2 Å². The number of halogens is 3. The van der Waals surface area contributed by atoms with Crippen LogP contribution < -0.4 is 10.1 Å². The van der Waals surface area contributed by atoms with Gasteiger partial charge in [-0.15, -0.1) is 13.2 Å². The van der Waals surface area contributed by atoms with Gasteiger partial charge in [0.05, 0.1) is 18.8 Å². The Balaban J connectivity index is 1.57. The molecule has 2 aromatic rings. The number of hydrogen-bond acceptors (Lipinski definition) is 4. The Morgan fingerprint density at radius 1 is 1.35 bits per heavy atom. The maximum absolute atomic E-state index is 12.3. The molecule has 0 aliphatic carbocycles. The van der Waals surface area contributed by atoms with E-state index >= 15 is 0 Å². The number of aliphatic imine (C=N–C) groups is 1. The second kappa shape index (κ2) is 10.0. The number of nitrogens with zero attached hydrogens (tertiary/aromatic N) is 4. The molecule has 0 spiro atoms. The first-order valence-corrected chi connectivity index (χ1v) is 10.3. The van der Waals surface area contributed by atoms with E-state index < -0.39 is 12.5 Å². The Morgan fingerprint density at radius 2 is 2.10 bits per heavy atom. The van der Waals surface area contributed by atoms with Crippen molar-refractivity contribution in [2.24, 2.45) is 18.0 Å². The van der Waals surface area contributed by atoms with Gasteiger partial charge in [-0.3, -0.25) is 9.67 Å². The standard InChI is InChI=1S/C21H28F3N5O2/c1-3-25-20(29-9-8-15(14-29)10-16-11-27-28(2)13-16)26-12-19(30)17-4-6-18(7-5-17)31-21(22,23)24/h4-7,11,13,15,19,30H,3,8-10,12,14H2,1-2H3,(H,25,26). The zero-order valence-electron chi connectivity index (χ0n) is 17.6. The van der Waals surface area contributed by atoms with Crippen LogP contribution in [0.15, 0.2) is 41.7 Å². The molecule has 2 N–H and O–H groups in total. The van der Waals surface area contributed by atoms with Crippen molar-refractivity contribution in [3.05, 3.63) is 47.8 Å². The predicted octanol–water partition coefficient (Wildman–Crippen LogP) is 2.88. The van der Waals surface area contributed by atoms with Crippen LogP contribution in [0.1, 0.15) is 30.6 Å². The summed E-state index contributed by atoms with van der Waals surface area (Å²) in [7, 11) is 1.91. The molecule has 1 fully saturated rings. The smallest absolute Gasteiger partial charge is 0.406 e. The minimum absolute atomic E-state index is 0.103. The van der Waals surface area contributed by atoms with Crippen LogP contribution in [-0.4, -0.2) is 58.3 Å². The molecule has 7 nitrogen and oxygen atoms in total. The Morgan fingerprint density at radius 3 is 2.71 bits per heavy atom. The second-order valence-corrected chi connectivity index (χ2v) is 7.65. The summed E-state index contributed by atoms with van der Waals surface area (Å²) in [4.78, 5) is 6.73. The molecule has 10 heteroatoms. The van der Waals surface area contributed by atoms with Gasteiger partial charge in [0.25, 0.3) is 0 Å². The predicted molar refractivity (Wildman–Crippen MR) is 111 cm³/mol. The summed E-state index contributed by atoms with van der Waals surface area (Å²) < 4.78 is 42.5. The van der Waals surface area contributed by atoms with Gasteiger partial charge in [0.15, 0.2) is 5.96 Å². The first-order valence-electron chi connectivity index (χ1n) is 10.3. The summed E-state index contributed by atoms with van der Waals surface area (Å²) in [5.74, 6) is 0.906. The van der Waals surface area contributed by atoms with E-state index in [0.717, 1.165) is 31.9 Å². The SMILES string of the molecule is CCNC(=NCC(O)c1ccc(OC(F)(F)F)cc1)N1CCC(Cc2cnn(C)c2)C1. The fourth-order valence-corrected chi connectivity index (χ4v) is 3.70. The number of aryl methyl sites for hydroxylation is 1. The molecule has 31 heavy (non-hydrogen) atoms. The van der Waals surface area contributed by atoms with E-state index in [-0.39, 0.29) is 12.3 Å². The van der Waals surface area contributed by atoms with Crippen LogP contribution in [0.5, 0.6) is 5.75 Å². The Hall–Kier alpha value is -2.75. The lowest BCUT2D eigenvalue weighted by molar-refractivity contribution is -0.274. The van der Waals surface area contributed by atoms with E-state index in [1.807, 2.05) is 26.4 Å². The number of guanidine groups is 1. The Labute approximate surface area is 179 Å². The fourth-order valence-electron chi connectivity index (χ4n) is 3.70. The highest BCUT2D eigenvalue weighted by Crippen LogP contribution is 2.25. The topological polar surface area (TPSA) is 74.9 Å². The van der Waals surface area contributed by atoms with Crippen LogP contribution >= 0.6 is 0 Å². The molecule has 170 valence electrons. The number of rotatable bonds is 7. The third-order valence-electron chi connectivity index (χ3n) is 5.12. The van der Waals surface area contributed by atoms with Gasteiger partial charge in [-0.1, -0.05) is 12.1 Å². The quantitative estimate of drug-likeness (QED) is 0.513. The maximum atomic E-state index is 12.3. The zero-order valence-corrected chi connectivity index (χ0v) is 17.6. The first kappa shape index (κ1) is 22.9. The van der Waals surface area contributed by atoms with Crippen molar-refractivity contribution in [1.82, 2.24) is 20.0 Å². The lowest BCUT2D eigenvalue weighted by Crippen LogP contribution is -2.40. The lowest BCUT2D eigenvalue weighted by atomic mass is 10.0. The Bertz CT molecular complexity index is 867. The molecular weight excluding hydrogens is 411 g/mol. The van der Waals surface area contributed by atoms with Crippen molar-refractivity contribution in [3.63, 3.8) is 0 Å². The molecule has 1 saturated heterocycles. The molecule has 2 heterocycles. The third-order valence-corrected chi connectivity index (χ3v) is 5.12. The summed E-state index contributed by atoms with van der Waals surface area (Å²) in [5.41, 5.74) is 1.69. The zero-order chi connectivity index (χ0) is 22.4. The number of hydrogen-bond donors (Lipinski definition) is 2. The van der Waals surface area contributed by atoms with E-state index in [1.54, 1.807) is 4.68 Å². The monoisotopic (exact) mass is 439 g/mol. The van der Waals surface area contributed by atoms with Gasteiger partial charge in [-0.05, 0) is 48.9 Å². The average Bonchev–Trinajstić information content (AvgIpc) is 3.33. The van der Waals surface area contributed by atoms with Gasteiger partial charge in [0.2, 0.25) is 0 Å². The number of alkyl halides is 3. The molecule has 3 rings (SSSR count). The summed E-state index contributed by atoms with van der Waals surface area (Å²) >= 11 is 0. The van der Waals surface area contributed by atoms with Crippen molar-refractivity contribution >= 4 is 5.96 Å². The fraction of sp³-hybridized carbons (Fsp3) is 0.524. The van der Waals surface area contributed by atoms with E-state index in [0.29, 0.717) is 18.0 Å². The van der Waals surface area contributed by atoms with Gasteiger partial charge in [-0.25, -0.2) is 0 Å². The largest absolute Gasteiger partial charge is 0.573 e. The number of ether oxygens (including phenoxy) is 1. The molecule has 1 aliphatic heterocycles. The average molecular weight is 439 g/mol. The van der Waals surface area contributed by atoms with E-state index in [4.69, 9.17) is 0 Å². The normalized spacial score (nSPS) is 18.3. The van der Waals surface area contributed by atoms with Gasteiger partial charge in [0.1, 0.15) is 5.75 Å². The van der Waals surface area contributed by atoms with Crippen LogP contribution in [0.2, 0.25) is 0 Å². The van der Waals surface area contributed by atoms with Crippen LogP contribution in [0.4, 0.5) is 13.2 Å². The van der Waals surface area contributed by atoms with Crippen LogP contribution in [0.3, 0.4) is 0 Å². The molecule has 1 aromatic heterocycles. The summed E-state index contributed by atoms with van der Waals surface area (Å²) in [5, 5.41) is 17.9. The number of aliphatic hydroxyl groups is 1. The van der Waals surface area contributed by atoms with E-state index in [1.165, 1.54) is 29.8 Å². The summed E-state index contributed by atoms with van der Waals surface area (Å²) in [6.07, 6.45) is 0.256. The number of benzene rings is 1. The highest BCUT2D eigenvalue weighted by molar-refractivity contribution is 5.80. The van der Waals surface area contributed by atoms with Crippen LogP contribution in [-0.2, 0) is 13.5 Å². The number of aliphatic hydroxyl groups excluding tert-OH is 1. The molecule has 1 aliphatic rings. The van der Waals surface area contributed by atoms with Crippen molar-refractivity contribution < 1.29 is 23.0 Å². The maximum Gasteiger partial charge on any atom is 0.573 e. The van der Waals surface area contributed by atoms with E-state index in [2.05, 4.69) is 25.0 Å². The number of likely N-dealkylation sites (tertiary alicyclic amines) is 1. The lowest BCUT2D eigenvalue weighted by Gasteiger charge is -2.22. The molecule has 2 unspecified atom stereocenters. The van der Waals surface area contributed by atoms with Crippen LogP contribution in [0, 0.1) is 5.92 Å². The van der Waals surface area contributed by atoms with Gasteiger partial charge < -0.3 is 20.1 Å². The summed E-state index contributed by atoms with van der Waals surface area (Å²) in [6, 6.07) is 5.19. The minimum atomic E-state index is -4.74. The second-order valence-electron chi connectivity index (χ2n) is 7.65. The minimum Gasteiger partial charge on any atom is -0.406 e. The first-order chi connectivity index (χ1) is 14.7. The molecule has 2 atom stereocenters. The Kier molecular flexibility index (Phi) is 7.42. The number of nitrogens with one attached hydrogen (secondary N) is 1. The van der Waals surface area contributed by atoms with Gasteiger partial charge >= 0.3 is 6.36 Å². The molecule has 1 aromatic carbocycles. The van der Waals surface area contributed by atoms with Crippen molar-refractivity contribution in [1.29, 1.82) is 0 Å². The van der Waals surface area contributed by atoms with Crippen LogP contribution in [0.25, 0.3) is 0 Å². The van der Waals surface area contributed by atoms with E-state index in [9.17, 15) is 18.3 Å². The highest BCUT2D eigenvalue weighted by Gasteiger charge is 2.31. The third kappa shape index (κ3) is 6.88. The van der Waals surface area contributed by atoms with Crippen molar-refractivity contribution in [3.8, 4) is 5.75 Å². The van der Waals surface area contributed by atoms with Gasteiger partial charge in [0, 0.05) is 32.9 Å². The highest BCUT2D eigenvalue weighted by atomic mass is 19.4. The molecular formula is C21H28F3N5O2. The molecule has 0 saturated carbocycles. The van der Waals surface area contributed by atoms with Crippen molar-refractivity contribution in [2.75, 3.05) is 26.2 Å². The molecule has 0 radical (unpaired) electrons. The number of aromatic nitrogens is 2. The van der Waals surface area contributed by atoms with Gasteiger partial charge in [-0.2, -0.15) is 5.10 Å². The summed E-state index contributed by atoms with van der Waals surface area (Å²) in [6.45, 7) is 4.51.